The molecule has 0 amide bonds. The summed E-state index contributed by atoms with van der Waals surface area (Å²) in [5, 5.41) is 7.87. The smallest absolute Gasteiger partial charge is 0.0396 e. The molecule has 1 N–H and O–H groups in total. The van der Waals surface area contributed by atoms with Gasteiger partial charge in [-0.25, -0.2) is 0 Å². The molecular formula is C11H14IN. The summed E-state index contributed by atoms with van der Waals surface area (Å²) in [6.07, 6.45) is 3.17. The van der Waals surface area contributed by atoms with Crippen LogP contribution < -0.4 is 0 Å². The lowest BCUT2D eigenvalue weighted by Gasteiger charge is -2.04. The Morgan fingerprint density at radius 3 is 2.69 bits per heavy atom. The molecule has 1 aromatic carbocycles. The molecule has 0 unspecified atom stereocenters. The molecule has 0 atom stereocenters. The van der Waals surface area contributed by atoms with Crippen LogP contribution in [-0.4, -0.2) is 5.71 Å². The fourth-order valence-electron chi connectivity index (χ4n) is 1.19. The standard InChI is InChI=1S/C11H14IN/c1-2-3-8-11(13)9-6-4-5-7-10(9)12/h4-7,13H,2-3,8H2,1H3. The van der Waals surface area contributed by atoms with Gasteiger partial charge in [0.05, 0.1) is 0 Å². The van der Waals surface area contributed by atoms with Crippen molar-refractivity contribution in [1.29, 1.82) is 5.41 Å². The number of rotatable bonds is 4. The average molecular weight is 287 g/mol. The maximum atomic E-state index is 7.87. The van der Waals surface area contributed by atoms with E-state index in [4.69, 9.17) is 5.41 Å². The lowest BCUT2D eigenvalue weighted by Crippen LogP contribution is -2.00. The zero-order chi connectivity index (χ0) is 9.68. The quantitative estimate of drug-likeness (QED) is 0.642. The maximum Gasteiger partial charge on any atom is 0.0396 e. The number of halogens is 1. The Bertz CT molecular complexity index is 294. The fourth-order valence-corrected chi connectivity index (χ4v) is 1.91. The van der Waals surface area contributed by atoms with Crippen molar-refractivity contribution in [3.05, 3.63) is 33.4 Å². The van der Waals surface area contributed by atoms with Crippen LogP contribution in [0, 0.1) is 8.98 Å². The Morgan fingerprint density at radius 1 is 1.38 bits per heavy atom. The summed E-state index contributed by atoms with van der Waals surface area (Å²) in [7, 11) is 0. The topological polar surface area (TPSA) is 23.9 Å². The highest BCUT2D eigenvalue weighted by atomic mass is 127. The van der Waals surface area contributed by atoms with Crippen molar-refractivity contribution in [2.45, 2.75) is 26.2 Å². The zero-order valence-corrected chi connectivity index (χ0v) is 9.97. The van der Waals surface area contributed by atoms with E-state index in [1.807, 2.05) is 18.2 Å². The van der Waals surface area contributed by atoms with E-state index >= 15 is 0 Å². The summed E-state index contributed by atoms with van der Waals surface area (Å²) in [6.45, 7) is 2.16. The third-order valence-electron chi connectivity index (χ3n) is 1.98. The van der Waals surface area contributed by atoms with Gasteiger partial charge in [-0.15, -0.1) is 0 Å². The third-order valence-corrected chi connectivity index (χ3v) is 2.92. The van der Waals surface area contributed by atoms with Crippen molar-refractivity contribution in [3.8, 4) is 0 Å². The van der Waals surface area contributed by atoms with Gasteiger partial charge in [-0.3, -0.25) is 0 Å². The first-order chi connectivity index (χ1) is 6.25. The highest BCUT2D eigenvalue weighted by Crippen LogP contribution is 2.14. The van der Waals surface area contributed by atoms with Crippen LogP contribution in [0.3, 0.4) is 0 Å². The van der Waals surface area contributed by atoms with Gasteiger partial charge in [0.15, 0.2) is 0 Å². The van der Waals surface area contributed by atoms with Crippen LogP contribution in [0.15, 0.2) is 24.3 Å². The first-order valence-corrected chi connectivity index (χ1v) is 5.66. The Morgan fingerprint density at radius 2 is 2.08 bits per heavy atom. The van der Waals surface area contributed by atoms with Gasteiger partial charge in [0.25, 0.3) is 0 Å². The van der Waals surface area contributed by atoms with Gasteiger partial charge in [0, 0.05) is 14.8 Å². The van der Waals surface area contributed by atoms with E-state index in [0.717, 1.165) is 30.5 Å². The van der Waals surface area contributed by atoms with Crippen molar-refractivity contribution in [3.63, 3.8) is 0 Å². The monoisotopic (exact) mass is 287 g/mol. The molecule has 13 heavy (non-hydrogen) atoms. The normalized spacial score (nSPS) is 10.0. The van der Waals surface area contributed by atoms with Crippen LogP contribution in [-0.2, 0) is 0 Å². The summed E-state index contributed by atoms with van der Waals surface area (Å²) in [4.78, 5) is 0. The van der Waals surface area contributed by atoms with Crippen molar-refractivity contribution < 1.29 is 0 Å². The molecule has 1 aromatic rings. The first-order valence-electron chi connectivity index (χ1n) is 4.58. The van der Waals surface area contributed by atoms with E-state index in [2.05, 4.69) is 35.6 Å². The fraction of sp³-hybridized carbons (Fsp3) is 0.364. The number of unbranched alkanes of at least 4 members (excludes halogenated alkanes) is 1. The second-order valence-corrected chi connectivity index (χ2v) is 4.22. The highest BCUT2D eigenvalue weighted by molar-refractivity contribution is 14.1. The summed E-state index contributed by atoms with van der Waals surface area (Å²) in [5.74, 6) is 0. The van der Waals surface area contributed by atoms with E-state index in [9.17, 15) is 0 Å². The minimum Gasteiger partial charge on any atom is -0.305 e. The van der Waals surface area contributed by atoms with Gasteiger partial charge in [0.1, 0.15) is 0 Å². The second-order valence-electron chi connectivity index (χ2n) is 3.06. The molecule has 1 rings (SSSR count). The SMILES string of the molecule is CCCCC(=N)c1ccccc1I. The van der Waals surface area contributed by atoms with Gasteiger partial charge in [-0.1, -0.05) is 31.5 Å². The highest BCUT2D eigenvalue weighted by Gasteiger charge is 2.03. The van der Waals surface area contributed by atoms with E-state index < -0.39 is 0 Å². The molecule has 0 aliphatic heterocycles. The van der Waals surface area contributed by atoms with Crippen LogP contribution in [0.1, 0.15) is 31.7 Å². The molecule has 0 fully saturated rings. The average Bonchev–Trinajstić information content (AvgIpc) is 2.15. The van der Waals surface area contributed by atoms with Crippen LogP contribution in [0.25, 0.3) is 0 Å². The van der Waals surface area contributed by atoms with E-state index in [1.54, 1.807) is 0 Å². The van der Waals surface area contributed by atoms with Crippen LogP contribution in [0.4, 0.5) is 0 Å². The van der Waals surface area contributed by atoms with Gasteiger partial charge < -0.3 is 5.41 Å². The molecule has 0 aliphatic rings. The van der Waals surface area contributed by atoms with Gasteiger partial charge >= 0.3 is 0 Å². The molecule has 70 valence electrons. The van der Waals surface area contributed by atoms with Crippen molar-refractivity contribution >= 4 is 28.3 Å². The lowest BCUT2D eigenvalue weighted by molar-refractivity contribution is 0.832. The molecule has 0 heterocycles. The van der Waals surface area contributed by atoms with Gasteiger partial charge in [-0.2, -0.15) is 0 Å². The van der Waals surface area contributed by atoms with E-state index in [0.29, 0.717) is 0 Å². The largest absolute Gasteiger partial charge is 0.305 e. The number of hydrogen-bond donors (Lipinski definition) is 1. The Hall–Kier alpha value is -0.380. The number of nitrogens with one attached hydrogen (secondary N) is 1. The second kappa shape index (κ2) is 5.37. The third kappa shape index (κ3) is 3.10. The van der Waals surface area contributed by atoms with Crippen LogP contribution >= 0.6 is 22.6 Å². The first kappa shape index (κ1) is 10.7. The molecule has 0 radical (unpaired) electrons. The van der Waals surface area contributed by atoms with Crippen molar-refractivity contribution in [2.75, 3.05) is 0 Å². The molecule has 1 nitrogen and oxygen atoms in total. The summed E-state index contributed by atoms with van der Waals surface area (Å²) in [6, 6.07) is 8.09. The Labute approximate surface area is 93.2 Å². The molecule has 0 aromatic heterocycles. The summed E-state index contributed by atoms with van der Waals surface area (Å²) < 4.78 is 1.18. The van der Waals surface area contributed by atoms with Gasteiger partial charge in [-0.05, 0) is 41.5 Å². The maximum absolute atomic E-state index is 7.87. The number of hydrogen-bond acceptors (Lipinski definition) is 1. The molecule has 0 saturated heterocycles. The lowest BCUT2D eigenvalue weighted by atomic mass is 10.1. The summed E-state index contributed by atoms with van der Waals surface area (Å²) in [5.41, 5.74) is 1.86. The molecule has 0 spiro atoms. The molecular weight excluding hydrogens is 273 g/mol. The van der Waals surface area contributed by atoms with E-state index in [1.165, 1.54) is 3.57 Å². The Kier molecular flexibility index (Phi) is 4.42. The minimum absolute atomic E-state index is 0.770. The van der Waals surface area contributed by atoms with Crippen LogP contribution in [0.2, 0.25) is 0 Å². The molecule has 0 aliphatic carbocycles. The zero-order valence-electron chi connectivity index (χ0n) is 7.81. The van der Waals surface area contributed by atoms with Crippen molar-refractivity contribution in [1.82, 2.24) is 0 Å². The van der Waals surface area contributed by atoms with Crippen molar-refractivity contribution in [2.24, 2.45) is 0 Å². The minimum atomic E-state index is 0.770. The molecule has 0 bridgehead atoms. The summed E-state index contributed by atoms with van der Waals surface area (Å²) >= 11 is 2.29. The molecule has 0 saturated carbocycles. The van der Waals surface area contributed by atoms with Gasteiger partial charge in [0.2, 0.25) is 0 Å². The molecule has 2 heteroatoms. The van der Waals surface area contributed by atoms with Crippen LogP contribution in [0.5, 0.6) is 0 Å². The predicted octanol–water partition coefficient (Wildman–Crippen LogP) is 3.85. The predicted molar refractivity (Wildman–Crippen MR) is 65.5 cm³/mol. The van der Waals surface area contributed by atoms with E-state index in [-0.39, 0.29) is 0 Å². The number of benzene rings is 1. The Balaban J connectivity index is 2.71.